The summed E-state index contributed by atoms with van der Waals surface area (Å²) in [5.74, 6) is 0. The van der Waals surface area contributed by atoms with Crippen LogP contribution >= 0.6 is 0 Å². The van der Waals surface area contributed by atoms with Crippen LogP contribution < -0.4 is 5.32 Å². The van der Waals surface area contributed by atoms with Crippen molar-refractivity contribution in [1.29, 1.82) is 0 Å². The fourth-order valence-corrected chi connectivity index (χ4v) is 2.32. The van der Waals surface area contributed by atoms with E-state index in [0.29, 0.717) is 0 Å². The third kappa shape index (κ3) is 3.93. The van der Waals surface area contributed by atoms with E-state index in [1.54, 1.807) is 0 Å². The van der Waals surface area contributed by atoms with Gasteiger partial charge in [-0.05, 0) is 31.9 Å². The molecule has 0 amide bonds. The van der Waals surface area contributed by atoms with Gasteiger partial charge in [-0.15, -0.1) is 0 Å². The molecule has 110 valence electrons. The van der Waals surface area contributed by atoms with Gasteiger partial charge in [0, 0.05) is 32.4 Å². The fourth-order valence-electron chi connectivity index (χ4n) is 2.32. The van der Waals surface area contributed by atoms with Crippen molar-refractivity contribution in [3.63, 3.8) is 0 Å². The van der Waals surface area contributed by atoms with Gasteiger partial charge < -0.3 is 5.32 Å². The molecular weight excluding hydrogens is 250 g/mol. The molecule has 0 spiro atoms. The van der Waals surface area contributed by atoms with Gasteiger partial charge in [-0.3, -0.25) is 9.36 Å². The van der Waals surface area contributed by atoms with E-state index >= 15 is 0 Å². The molecule has 5 nitrogen and oxygen atoms in total. The molecule has 0 aliphatic rings. The molecule has 0 aliphatic heterocycles. The van der Waals surface area contributed by atoms with Crippen molar-refractivity contribution < 1.29 is 0 Å². The van der Waals surface area contributed by atoms with E-state index < -0.39 is 0 Å². The molecule has 20 heavy (non-hydrogen) atoms. The molecule has 2 rings (SSSR count). The van der Waals surface area contributed by atoms with E-state index in [1.165, 1.54) is 5.69 Å². The maximum Gasteiger partial charge on any atom is 0.0762 e. The van der Waals surface area contributed by atoms with Crippen molar-refractivity contribution in [3.05, 3.63) is 35.4 Å². The van der Waals surface area contributed by atoms with Gasteiger partial charge in [0.2, 0.25) is 0 Å². The molecule has 2 aromatic heterocycles. The minimum atomic E-state index is 0.799. The predicted molar refractivity (Wildman–Crippen MR) is 80.3 cm³/mol. The second-order valence-electron chi connectivity index (χ2n) is 5.17. The lowest BCUT2D eigenvalue weighted by molar-refractivity contribution is 0.540. The quantitative estimate of drug-likeness (QED) is 0.805. The van der Waals surface area contributed by atoms with E-state index in [-0.39, 0.29) is 0 Å². The van der Waals surface area contributed by atoms with Crippen molar-refractivity contribution in [2.45, 2.75) is 59.8 Å². The molecule has 5 heteroatoms. The average molecular weight is 275 g/mol. The molecule has 0 bridgehead atoms. The van der Waals surface area contributed by atoms with Gasteiger partial charge in [0.1, 0.15) is 0 Å². The predicted octanol–water partition coefficient (Wildman–Crippen LogP) is 2.50. The molecule has 0 aromatic carbocycles. The first-order valence-electron chi connectivity index (χ1n) is 7.49. The number of hydrogen-bond acceptors (Lipinski definition) is 3. The van der Waals surface area contributed by atoms with Gasteiger partial charge in [0.05, 0.1) is 17.1 Å². The zero-order valence-corrected chi connectivity index (χ0v) is 12.8. The Morgan fingerprint density at radius 3 is 2.65 bits per heavy atom. The van der Waals surface area contributed by atoms with Gasteiger partial charge in [0.15, 0.2) is 0 Å². The van der Waals surface area contributed by atoms with Crippen molar-refractivity contribution in [3.8, 4) is 0 Å². The van der Waals surface area contributed by atoms with Crippen LogP contribution in [0.3, 0.4) is 0 Å². The van der Waals surface area contributed by atoms with Crippen LogP contribution in [0.5, 0.6) is 0 Å². The van der Waals surface area contributed by atoms with Crippen molar-refractivity contribution in [1.82, 2.24) is 24.9 Å². The zero-order chi connectivity index (χ0) is 14.4. The van der Waals surface area contributed by atoms with Crippen LogP contribution in [0.1, 0.15) is 43.8 Å². The summed E-state index contributed by atoms with van der Waals surface area (Å²) in [6.45, 7) is 9.99. The molecular formula is C15H25N5. The molecule has 0 atom stereocenters. The van der Waals surface area contributed by atoms with E-state index in [1.807, 2.05) is 17.8 Å². The van der Waals surface area contributed by atoms with Crippen LogP contribution in [0, 0.1) is 6.92 Å². The molecule has 2 heterocycles. The monoisotopic (exact) mass is 275 g/mol. The lowest BCUT2D eigenvalue weighted by Crippen LogP contribution is -2.17. The van der Waals surface area contributed by atoms with Crippen molar-refractivity contribution in [2.24, 2.45) is 0 Å². The Morgan fingerprint density at radius 2 is 1.90 bits per heavy atom. The SMILES string of the molecule is CCCn1ccc(CNCc2cc(C)nn2CCC)n1. The summed E-state index contributed by atoms with van der Waals surface area (Å²) < 4.78 is 4.10. The fraction of sp³-hybridized carbons (Fsp3) is 0.600. The first-order chi connectivity index (χ1) is 9.72. The summed E-state index contributed by atoms with van der Waals surface area (Å²) in [4.78, 5) is 0. The Morgan fingerprint density at radius 1 is 1.10 bits per heavy atom. The Kier molecular flexibility index (Phi) is 5.35. The van der Waals surface area contributed by atoms with Crippen LogP contribution in [0.15, 0.2) is 18.3 Å². The molecule has 0 saturated heterocycles. The second-order valence-corrected chi connectivity index (χ2v) is 5.17. The number of rotatable bonds is 8. The summed E-state index contributed by atoms with van der Waals surface area (Å²) in [7, 11) is 0. The van der Waals surface area contributed by atoms with Gasteiger partial charge in [-0.1, -0.05) is 13.8 Å². The van der Waals surface area contributed by atoms with Crippen molar-refractivity contribution in [2.75, 3.05) is 0 Å². The highest BCUT2D eigenvalue weighted by atomic mass is 15.3. The third-order valence-electron chi connectivity index (χ3n) is 3.18. The highest BCUT2D eigenvalue weighted by Gasteiger charge is 2.05. The minimum absolute atomic E-state index is 0.799. The van der Waals surface area contributed by atoms with Gasteiger partial charge in [0.25, 0.3) is 0 Å². The smallest absolute Gasteiger partial charge is 0.0762 e. The standard InChI is InChI=1S/C15H25N5/c1-4-7-19-9-6-14(18-19)11-16-12-15-10-13(3)17-20(15)8-5-2/h6,9-10,16H,4-5,7-8,11-12H2,1-3H3. The first kappa shape index (κ1) is 14.8. The van der Waals surface area contributed by atoms with Gasteiger partial charge >= 0.3 is 0 Å². The number of aryl methyl sites for hydroxylation is 3. The van der Waals surface area contributed by atoms with Crippen LogP contribution in [-0.2, 0) is 26.2 Å². The Labute approximate surface area is 121 Å². The zero-order valence-electron chi connectivity index (χ0n) is 12.8. The highest BCUT2D eigenvalue weighted by molar-refractivity contribution is 5.09. The van der Waals surface area contributed by atoms with Gasteiger partial charge in [-0.2, -0.15) is 10.2 Å². The van der Waals surface area contributed by atoms with E-state index in [4.69, 9.17) is 0 Å². The number of hydrogen-bond donors (Lipinski definition) is 1. The molecule has 0 aliphatic carbocycles. The van der Waals surface area contributed by atoms with Crippen LogP contribution in [0.2, 0.25) is 0 Å². The lowest BCUT2D eigenvalue weighted by Gasteiger charge is -2.06. The number of nitrogens with one attached hydrogen (secondary N) is 1. The molecule has 2 aromatic rings. The summed E-state index contributed by atoms with van der Waals surface area (Å²) in [5.41, 5.74) is 3.43. The second kappa shape index (κ2) is 7.24. The first-order valence-corrected chi connectivity index (χ1v) is 7.49. The molecule has 0 saturated carbocycles. The summed E-state index contributed by atoms with van der Waals surface area (Å²) in [6.07, 6.45) is 4.27. The topological polar surface area (TPSA) is 47.7 Å². The molecule has 0 radical (unpaired) electrons. The van der Waals surface area contributed by atoms with E-state index in [2.05, 4.69) is 46.2 Å². The van der Waals surface area contributed by atoms with Crippen LogP contribution in [-0.4, -0.2) is 19.6 Å². The van der Waals surface area contributed by atoms with Gasteiger partial charge in [-0.25, -0.2) is 0 Å². The minimum Gasteiger partial charge on any atom is -0.305 e. The molecule has 1 N–H and O–H groups in total. The summed E-state index contributed by atoms with van der Waals surface area (Å²) in [5, 5.41) is 12.5. The molecule has 0 fully saturated rings. The van der Waals surface area contributed by atoms with E-state index in [0.717, 1.165) is 50.4 Å². The lowest BCUT2D eigenvalue weighted by atomic mass is 10.3. The normalized spacial score (nSPS) is 11.2. The van der Waals surface area contributed by atoms with Crippen LogP contribution in [0.4, 0.5) is 0 Å². The summed E-state index contributed by atoms with van der Waals surface area (Å²) in [6, 6.07) is 4.23. The maximum atomic E-state index is 4.53. The van der Waals surface area contributed by atoms with Crippen molar-refractivity contribution >= 4 is 0 Å². The largest absolute Gasteiger partial charge is 0.305 e. The Hall–Kier alpha value is -1.62. The molecule has 0 unspecified atom stereocenters. The van der Waals surface area contributed by atoms with Crippen LogP contribution in [0.25, 0.3) is 0 Å². The highest BCUT2D eigenvalue weighted by Crippen LogP contribution is 2.05. The number of aromatic nitrogens is 4. The Balaban J connectivity index is 1.85. The third-order valence-corrected chi connectivity index (χ3v) is 3.18. The Bertz CT molecular complexity index is 526. The maximum absolute atomic E-state index is 4.53. The average Bonchev–Trinajstić information content (AvgIpc) is 2.98. The summed E-state index contributed by atoms with van der Waals surface area (Å²) >= 11 is 0. The van der Waals surface area contributed by atoms with E-state index in [9.17, 15) is 0 Å². The number of nitrogens with zero attached hydrogens (tertiary/aromatic N) is 4.